The van der Waals surface area contributed by atoms with Gasteiger partial charge >= 0.3 is 115 Å². The van der Waals surface area contributed by atoms with Crippen LogP contribution in [-0.2, 0) is 51.2 Å². The maximum absolute atomic E-state index is 13.2. The fourth-order valence-electron chi connectivity index (χ4n) is 8.51. The summed E-state index contributed by atoms with van der Waals surface area (Å²) in [5.41, 5.74) is 1.93. The summed E-state index contributed by atoms with van der Waals surface area (Å²) in [6.07, 6.45) is 0.872. The molecule has 458 valence electrons. The van der Waals surface area contributed by atoms with Gasteiger partial charge in [-0.25, -0.2) is 40.6 Å². The molecule has 26 nitrogen and oxygen atoms in total. The number of H-pyrrole nitrogens is 2. The smallest absolute Gasteiger partial charge is 1.00 e. The Morgan fingerprint density at radius 2 is 1.20 bits per heavy atom. The van der Waals surface area contributed by atoms with Crippen molar-refractivity contribution in [2.45, 2.75) is 116 Å². The second-order valence-corrected chi connectivity index (χ2v) is 22.9. The maximum Gasteiger partial charge on any atom is 1.00 e. The Morgan fingerprint density at radius 1 is 0.800 bits per heavy atom. The molecule has 34 heteroatoms. The van der Waals surface area contributed by atoms with Gasteiger partial charge in [-0.3, -0.25) is 14.4 Å². The molecule has 2 aromatic carbocycles. The summed E-state index contributed by atoms with van der Waals surface area (Å²) < 4.78 is 101. The van der Waals surface area contributed by atoms with Crippen molar-refractivity contribution in [1.82, 2.24) is 48.5 Å². The number of aromatic nitrogens is 8. The molecule has 6 aromatic rings. The molecular formula is C51H67ClF3K2N11O15S2. The van der Waals surface area contributed by atoms with E-state index in [1.165, 1.54) is 46.1 Å². The van der Waals surface area contributed by atoms with E-state index in [2.05, 4.69) is 39.9 Å². The number of alkyl halides is 3. The Hall–Kier alpha value is -3.78. The van der Waals surface area contributed by atoms with Crippen molar-refractivity contribution in [3.05, 3.63) is 80.1 Å². The van der Waals surface area contributed by atoms with Gasteiger partial charge in [-0.1, -0.05) is 13.8 Å². The van der Waals surface area contributed by atoms with Crippen LogP contribution in [0.15, 0.2) is 55.8 Å². The van der Waals surface area contributed by atoms with Crippen LogP contribution in [0.5, 0.6) is 11.5 Å². The van der Waals surface area contributed by atoms with Crippen LogP contribution in [0.4, 0.5) is 13.2 Å². The number of hydrogen-bond donors (Lipinski definition) is 4. The van der Waals surface area contributed by atoms with Gasteiger partial charge in [0.15, 0.2) is 22.7 Å². The molecular weight excluding hydrogens is 1240 g/mol. The summed E-state index contributed by atoms with van der Waals surface area (Å²) in [5, 5.41) is 43.4. The van der Waals surface area contributed by atoms with Crippen molar-refractivity contribution in [3.63, 3.8) is 0 Å². The fourth-order valence-corrected chi connectivity index (χ4v) is 10.9. The first-order valence-electron chi connectivity index (χ1n) is 26.1. The summed E-state index contributed by atoms with van der Waals surface area (Å²) in [6, 6.07) is 10.5. The first-order chi connectivity index (χ1) is 39.3. The standard InChI is InChI=1S/C23H31N5O5S.C17H19ClN4O4S.C8H12F3NO3.C2H3N.CH2O3.2K.H/c1-4-7-20-24-15(3)21-23(30)25-22(26-28(20)21)18-12-17(9-10-19(18)33-5-2)34(31,32)27-13-16(14-27)8-6-11-29;1-4-6-14-19-10(3)15-17(23)20-16(21-22(14)15)12-9-11(27(18,24)25)7-8-13(12)26-5-2;9-8(10,11)7(14)15-12-4-6(5-12)2-1-3-13;1-2-3;2-1-4-3;;;/h9-10,12,16,29H,4-8,11,13-14H2,1-3H3,(H,25,26,30);7-9H,4-6H2,1-3H3,(H,20,21,23);6,13H,1-5H2;1H3;1,3H;;;/q;;;;;2*+1;-1/p-1. The third kappa shape index (κ3) is 21.5. The zero-order chi connectivity index (χ0) is 61.8. The van der Waals surface area contributed by atoms with Crippen LogP contribution in [0.3, 0.4) is 0 Å². The number of halogens is 4. The number of imidazole rings is 2. The Morgan fingerprint density at radius 3 is 1.56 bits per heavy atom. The van der Waals surface area contributed by atoms with Crippen molar-refractivity contribution in [2.75, 3.05) is 52.6 Å². The molecule has 4 aromatic heterocycles. The topological polar surface area (TPSA) is 359 Å². The van der Waals surface area contributed by atoms with Gasteiger partial charge in [0.1, 0.15) is 23.1 Å². The Kier molecular flexibility index (Phi) is 33.3. The molecule has 2 aliphatic heterocycles. The number of carbonyl (C=O) groups is 2. The molecule has 2 aliphatic rings. The average molecular weight is 1310 g/mol. The predicted molar refractivity (Wildman–Crippen MR) is 293 cm³/mol. The fraction of sp³-hybridized carbons (Fsp3) is 0.510. The first-order valence-corrected chi connectivity index (χ1v) is 29.8. The zero-order valence-electron chi connectivity index (χ0n) is 49.6. The molecule has 0 bridgehead atoms. The maximum atomic E-state index is 13.2. The van der Waals surface area contributed by atoms with Crippen LogP contribution in [0.1, 0.15) is 97.6 Å². The van der Waals surface area contributed by atoms with Gasteiger partial charge in [0.2, 0.25) is 10.0 Å². The quantitative estimate of drug-likeness (QED) is 0.0212. The Labute approximate surface area is 579 Å². The molecule has 0 spiro atoms. The number of carbonyl (C=O) groups excluding carboxylic acids is 2. The second kappa shape index (κ2) is 36.6. The summed E-state index contributed by atoms with van der Waals surface area (Å²) in [5.74, 6) is 0.840. The van der Waals surface area contributed by atoms with Gasteiger partial charge in [-0.2, -0.15) is 22.7 Å². The number of sulfonamides is 1. The van der Waals surface area contributed by atoms with E-state index < -0.39 is 31.2 Å². The number of rotatable bonds is 21. The van der Waals surface area contributed by atoms with Crippen LogP contribution < -0.4 is 129 Å². The zero-order valence-corrected chi connectivity index (χ0v) is 57.2. The van der Waals surface area contributed by atoms with Crippen molar-refractivity contribution in [2.24, 2.45) is 11.8 Å². The SMILES string of the molecule is CC#N.CCCc1nc(C)c2c(=O)[nH]c(-c3cc(S(=O)(=O)Cl)ccc3OCC)nn12.CCCc1nc(C)c2c(=O)[nH]c(-c3cc(S(=O)(=O)N4CC(CCCO)C4)ccc3OCC)nn12.O=C(ON1CC(CCCO)C1)C(F)(F)F.O=CO[O-].[H-].[K+].[K+]. The number of nitriles is 1. The molecule has 0 aliphatic carbocycles. The third-order valence-corrected chi connectivity index (χ3v) is 15.4. The molecule has 0 unspecified atom stereocenters. The number of benzene rings is 2. The third-order valence-electron chi connectivity index (χ3n) is 12.2. The normalized spacial score (nSPS) is 13.4. The van der Waals surface area contributed by atoms with Crippen LogP contribution in [0.2, 0.25) is 0 Å². The van der Waals surface area contributed by atoms with Crippen molar-refractivity contribution >= 4 is 53.2 Å². The number of aliphatic hydroxyl groups is 2. The molecule has 6 heterocycles. The van der Waals surface area contributed by atoms with Gasteiger partial charge in [0.05, 0.1) is 51.6 Å². The molecule has 2 saturated heterocycles. The number of nitrogens with zero attached hydrogens (tertiary/aromatic N) is 9. The van der Waals surface area contributed by atoms with E-state index in [1.807, 2.05) is 20.8 Å². The van der Waals surface area contributed by atoms with E-state index in [1.54, 1.807) is 37.4 Å². The number of hydrogen-bond acceptors (Lipinski definition) is 21. The van der Waals surface area contributed by atoms with Crippen LogP contribution in [0.25, 0.3) is 33.8 Å². The van der Waals surface area contributed by atoms with Crippen molar-refractivity contribution < 1.29 is 178 Å². The van der Waals surface area contributed by atoms with Gasteiger partial charge in [0.25, 0.3) is 26.6 Å². The minimum Gasteiger partial charge on any atom is -1.00 e. The summed E-state index contributed by atoms with van der Waals surface area (Å²) in [7, 11) is -2.20. The second-order valence-electron chi connectivity index (χ2n) is 18.4. The molecule has 0 atom stereocenters. The number of hydroxylamine groups is 2. The van der Waals surface area contributed by atoms with Crippen molar-refractivity contribution in [1.29, 1.82) is 5.26 Å². The van der Waals surface area contributed by atoms with Crippen molar-refractivity contribution in [3.8, 4) is 40.3 Å². The van der Waals surface area contributed by atoms with E-state index in [4.69, 9.17) is 45.7 Å². The molecule has 2 fully saturated rings. The van der Waals surface area contributed by atoms with Crippen LogP contribution >= 0.6 is 10.7 Å². The van der Waals surface area contributed by atoms with E-state index >= 15 is 0 Å². The minimum atomic E-state index is -4.93. The largest absolute Gasteiger partial charge is 1.00 e. The van der Waals surface area contributed by atoms with Gasteiger partial charge in [0, 0.05) is 69.8 Å². The molecule has 0 saturated carbocycles. The molecule has 0 radical (unpaired) electrons. The van der Waals surface area contributed by atoms with Gasteiger partial charge in [-0.05, 0) is 114 Å². The number of ether oxygens (including phenoxy) is 2. The van der Waals surface area contributed by atoms with Crippen LogP contribution in [-0.4, -0.2) is 147 Å². The van der Waals surface area contributed by atoms with E-state index in [9.17, 15) is 44.4 Å². The predicted octanol–water partition coefficient (Wildman–Crippen LogP) is -1.39. The van der Waals surface area contributed by atoms with E-state index in [-0.39, 0.29) is 168 Å². The van der Waals surface area contributed by atoms with Gasteiger partial charge < -0.3 is 46.1 Å². The monoisotopic (exact) mass is 1310 g/mol. The van der Waals surface area contributed by atoms with E-state index in [0.29, 0.717) is 122 Å². The molecule has 85 heavy (non-hydrogen) atoms. The number of nitrogens with one attached hydrogen (secondary N) is 2. The molecule has 4 N–H and O–H groups in total. The minimum absolute atomic E-state index is 0. The average Bonchev–Trinajstić information content (AvgIpc) is 2.08. The molecule has 0 amide bonds. The number of aromatic amines is 2. The summed E-state index contributed by atoms with van der Waals surface area (Å²) >= 11 is 0. The van der Waals surface area contributed by atoms with Crippen LogP contribution in [0, 0.1) is 37.0 Å². The summed E-state index contributed by atoms with van der Waals surface area (Å²) in [6.45, 7) is 14.8. The Bertz CT molecular complexity index is 3560. The Balaban J connectivity index is 0.000000634. The summed E-state index contributed by atoms with van der Waals surface area (Å²) in [4.78, 5) is 65.6. The number of aryl methyl sites for hydroxylation is 4. The number of fused-ring (bicyclic) bond motifs is 2. The number of aliphatic hydroxyl groups excluding tert-OH is 2. The van der Waals surface area contributed by atoms with E-state index in [0.717, 1.165) is 30.7 Å². The van der Waals surface area contributed by atoms with Gasteiger partial charge in [-0.15, -0.1) is 15.3 Å². The first kappa shape index (κ1) is 77.3. The molecule has 8 rings (SSSR count).